The van der Waals surface area contributed by atoms with Gasteiger partial charge in [0.15, 0.2) is 0 Å². The van der Waals surface area contributed by atoms with Crippen molar-refractivity contribution in [2.24, 2.45) is 11.7 Å². The van der Waals surface area contributed by atoms with Crippen LogP contribution in [0.15, 0.2) is 0 Å². The molecule has 2 fully saturated rings. The normalized spacial score (nSPS) is 22.7. The largest absolute Gasteiger partial charge is 0.356 e. The van der Waals surface area contributed by atoms with Crippen LogP contribution in [0, 0.1) is 5.92 Å². The van der Waals surface area contributed by atoms with E-state index in [1.54, 1.807) is 0 Å². The summed E-state index contributed by atoms with van der Waals surface area (Å²) < 4.78 is 0. The SMILES string of the molecule is CCNC(=O)C1CCN(C(=O)CC2(N)CCC2)CC1. The third kappa shape index (κ3) is 3.47. The van der Waals surface area contributed by atoms with Gasteiger partial charge < -0.3 is 16.0 Å². The molecule has 1 saturated heterocycles. The molecule has 3 N–H and O–H groups in total. The first-order valence-corrected chi connectivity index (χ1v) is 7.38. The molecule has 1 aliphatic carbocycles. The summed E-state index contributed by atoms with van der Waals surface area (Å²) in [5.41, 5.74) is 5.87. The Morgan fingerprint density at radius 3 is 2.42 bits per heavy atom. The van der Waals surface area contributed by atoms with Crippen molar-refractivity contribution in [3.63, 3.8) is 0 Å². The van der Waals surface area contributed by atoms with Gasteiger partial charge in [-0.25, -0.2) is 0 Å². The molecule has 1 heterocycles. The minimum absolute atomic E-state index is 0.0690. The minimum atomic E-state index is -0.243. The molecule has 0 spiro atoms. The highest BCUT2D eigenvalue weighted by atomic mass is 16.2. The van der Waals surface area contributed by atoms with Crippen molar-refractivity contribution < 1.29 is 9.59 Å². The molecule has 5 nitrogen and oxygen atoms in total. The van der Waals surface area contributed by atoms with Gasteiger partial charge in [0.1, 0.15) is 0 Å². The van der Waals surface area contributed by atoms with Crippen LogP contribution in [0.3, 0.4) is 0 Å². The molecule has 0 unspecified atom stereocenters. The maximum atomic E-state index is 12.2. The summed E-state index contributed by atoms with van der Waals surface area (Å²) >= 11 is 0. The number of likely N-dealkylation sites (tertiary alicyclic amines) is 1. The number of nitrogens with two attached hydrogens (primary N) is 1. The summed E-state index contributed by atoms with van der Waals surface area (Å²) in [6.07, 6.45) is 5.09. The highest BCUT2D eigenvalue weighted by molar-refractivity contribution is 5.80. The molecular weight excluding hydrogens is 242 g/mol. The molecule has 0 aromatic carbocycles. The Balaban J connectivity index is 1.76. The molecule has 2 rings (SSSR count). The first kappa shape index (κ1) is 14.3. The Kier molecular flexibility index (Phi) is 4.45. The van der Waals surface area contributed by atoms with Crippen LogP contribution in [0.5, 0.6) is 0 Å². The van der Waals surface area contributed by atoms with Gasteiger partial charge in [-0.1, -0.05) is 0 Å². The molecule has 0 atom stereocenters. The van der Waals surface area contributed by atoms with Gasteiger partial charge in [-0.15, -0.1) is 0 Å². The van der Waals surface area contributed by atoms with E-state index in [9.17, 15) is 9.59 Å². The molecule has 5 heteroatoms. The molecule has 0 radical (unpaired) electrons. The average Bonchev–Trinajstić information content (AvgIpc) is 2.37. The summed E-state index contributed by atoms with van der Waals surface area (Å²) in [5, 5.41) is 2.85. The van der Waals surface area contributed by atoms with Crippen molar-refractivity contribution in [1.29, 1.82) is 0 Å². The highest BCUT2D eigenvalue weighted by Crippen LogP contribution is 2.33. The van der Waals surface area contributed by atoms with Crippen LogP contribution in [-0.4, -0.2) is 41.9 Å². The zero-order chi connectivity index (χ0) is 13.9. The van der Waals surface area contributed by atoms with Gasteiger partial charge in [-0.05, 0) is 39.0 Å². The van der Waals surface area contributed by atoms with E-state index < -0.39 is 0 Å². The Morgan fingerprint density at radius 1 is 1.32 bits per heavy atom. The number of rotatable bonds is 4. The molecule has 0 bridgehead atoms. The van der Waals surface area contributed by atoms with Crippen LogP contribution < -0.4 is 11.1 Å². The lowest BCUT2D eigenvalue weighted by molar-refractivity contribution is -0.137. The number of hydrogen-bond donors (Lipinski definition) is 2. The van der Waals surface area contributed by atoms with E-state index in [1.807, 2.05) is 11.8 Å². The Hall–Kier alpha value is -1.10. The molecule has 19 heavy (non-hydrogen) atoms. The number of piperidine rings is 1. The van der Waals surface area contributed by atoms with Crippen LogP contribution in [0.25, 0.3) is 0 Å². The van der Waals surface area contributed by atoms with Gasteiger partial charge in [0.25, 0.3) is 0 Å². The summed E-state index contributed by atoms with van der Waals surface area (Å²) in [5.74, 6) is 0.361. The second-order valence-electron chi connectivity index (χ2n) is 5.94. The molecular formula is C14H25N3O2. The molecule has 1 aliphatic heterocycles. The highest BCUT2D eigenvalue weighted by Gasteiger charge is 2.37. The fourth-order valence-electron chi connectivity index (χ4n) is 2.93. The van der Waals surface area contributed by atoms with Crippen molar-refractivity contribution in [3.8, 4) is 0 Å². The fraction of sp³-hybridized carbons (Fsp3) is 0.857. The molecule has 2 amide bonds. The van der Waals surface area contributed by atoms with Gasteiger partial charge in [0.05, 0.1) is 0 Å². The van der Waals surface area contributed by atoms with Crippen LogP contribution in [0.1, 0.15) is 45.4 Å². The monoisotopic (exact) mass is 267 g/mol. The quantitative estimate of drug-likeness (QED) is 0.784. The maximum absolute atomic E-state index is 12.2. The van der Waals surface area contributed by atoms with Crippen molar-refractivity contribution in [2.75, 3.05) is 19.6 Å². The van der Waals surface area contributed by atoms with Gasteiger partial charge >= 0.3 is 0 Å². The fourth-order valence-corrected chi connectivity index (χ4v) is 2.93. The van der Waals surface area contributed by atoms with Crippen LogP contribution in [0.2, 0.25) is 0 Å². The van der Waals surface area contributed by atoms with E-state index in [0.29, 0.717) is 26.1 Å². The van der Waals surface area contributed by atoms with Crippen molar-refractivity contribution >= 4 is 11.8 Å². The van der Waals surface area contributed by atoms with E-state index >= 15 is 0 Å². The average molecular weight is 267 g/mol. The van der Waals surface area contributed by atoms with Crippen LogP contribution >= 0.6 is 0 Å². The Morgan fingerprint density at radius 2 is 1.95 bits per heavy atom. The van der Waals surface area contributed by atoms with Gasteiger partial charge in [0.2, 0.25) is 11.8 Å². The van der Waals surface area contributed by atoms with E-state index in [1.165, 1.54) is 0 Å². The number of carbonyl (C=O) groups is 2. The third-order valence-electron chi connectivity index (χ3n) is 4.42. The molecule has 108 valence electrons. The van der Waals surface area contributed by atoms with Gasteiger partial charge in [-0.2, -0.15) is 0 Å². The number of nitrogens with one attached hydrogen (secondary N) is 1. The minimum Gasteiger partial charge on any atom is -0.356 e. The van der Waals surface area contributed by atoms with Gasteiger partial charge in [-0.3, -0.25) is 9.59 Å². The first-order valence-electron chi connectivity index (χ1n) is 7.38. The predicted molar refractivity (Wildman–Crippen MR) is 73.4 cm³/mol. The second-order valence-corrected chi connectivity index (χ2v) is 5.94. The lowest BCUT2D eigenvalue weighted by atomic mass is 9.75. The molecule has 0 aromatic rings. The molecule has 0 aromatic heterocycles. The van der Waals surface area contributed by atoms with Crippen molar-refractivity contribution in [2.45, 2.75) is 51.0 Å². The van der Waals surface area contributed by atoms with Crippen LogP contribution in [-0.2, 0) is 9.59 Å². The zero-order valence-electron chi connectivity index (χ0n) is 11.8. The summed E-state index contributed by atoms with van der Waals surface area (Å²) in [6, 6.07) is 0. The van der Waals surface area contributed by atoms with E-state index in [4.69, 9.17) is 5.73 Å². The standard InChI is InChI=1S/C14H25N3O2/c1-2-16-13(19)11-4-8-17(9-5-11)12(18)10-14(15)6-3-7-14/h11H,2-10,15H2,1H3,(H,16,19). The first-order chi connectivity index (χ1) is 9.04. The smallest absolute Gasteiger partial charge is 0.224 e. The third-order valence-corrected chi connectivity index (χ3v) is 4.42. The Bertz CT molecular complexity index is 345. The van der Waals surface area contributed by atoms with Crippen LogP contribution in [0.4, 0.5) is 0 Å². The number of carbonyl (C=O) groups excluding carboxylic acids is 2. The van der Waals surface area contributed by atoms with Crippen molar-refractivity contribution in [1.82, 2.24) is 10.2 Å². The van der Waals surface area contributed by atoms with E-state index in [-0.39, 0.29) is 23.3 Å². The number of nitrogens with zero attached hydrogens (tertiary/aromatic N) is 1. The topological polar surface area (TPSA) is 75.4 Å². The lowest BCUT2D eigenvalue weighted by Crippen LogP contribution is -2.52. The van der Waals surface area contributed by atoms with E-state index in [0.717, 1.165) is 32.1 Å². The zero-order valence-corrected chi connectivity index (χ0v) is 11.8. The number of amides is 2. The molecule has 1 saturated carbocycles. The molecule has 2 aliphatic rings. The van der Waals surface area contributed by atoms with Gasteiger partial charge in [0, 0.05) is 37.5 Å². The Labute approximate surface area is 114 Å². The van der Waals surface area contributed by atoms with Crippen molar-refractivity contribution in [3.05, 3.63) is 0 Å². The maximum Gasteiger partial charge on any atom is 0.224 e. The second kappa shape index (κ2) is 5.90. The summed E-state index contributed by atoms with van der Waals surface area (Å²) in [7, 11) is 0. The number of hydrogen-bond acceptors (Lipinski definition) is 3. The van der Waals surface area contributed by atoms with E-state index in [2.05, 4.69) is 5.32 Å². The predicted octanol–water partition coefficient (Wildman–Crippen LogP) is 0.633. The summed E-state index contributed by atoms with van der Waals surface area (Å²) in [4.78, 5) is 25.8. The lowest BCUT2D eigenvalue weighted by Gasteiger charge is -2.40. The summed E-state index contributed by atoms with van der Waals surface area (Å²) in [6.45, 7) is 3.98.